The number of alkyl halides is 7. The number of halogens is 8. The lowest BCUT2D eigenvalue weighted by atomic mass is 10.00. The first-order valence-corrected chi connectivity index (χ1v) is 12.9. The Morgan fingerprint density at radius 2 is 1.80 bits per heavy atom. The maximum atomic E-state index is 14.6. The van der Waals surface area contributed by atoms with Gasteiger partial charge in [0.15, 0.2) is 5.96 Å². The van der Waals surface area contributed by atoms with Gasteiger partial charge in [-0.1, -0.05) is 0 Å². The molecule has 0 fully saturated rings. The molecule has 0 saturated heterocycles. The fourth-order valence-corrected chi connectivity index (χ4v) is 4.12. The number of aromatic amines is 1. The summed E-state index contributed by atoms with van der Waals surface area (Å²) in [4.78, 5) is 52.7. The number of rotatable bonds is 8. The number of esters is 2. The Kier molecular flexibility index (Phi) is 9.76. The molecule has 3 aromatic rings. The summed E-state index contributed by atoms with van der Waals surface area (Å²) in [6, 6.07) is 1.54. The molecule has 46 heavy (non-hydrogen) atoms. The number of aromatic nitrogens is 2. The number of benzene rings is 2. The predicted molar refractivity (Wildman–Crippen MR) is 141 cm³/mol. The zero-order valence-electron chi connectivity index (χ0n) is 22.9. The third kappa shape index (κ3) is 8.45. The van der Waals surface area contributed by atoms with Crippen LogP contribution in [0.5, 0.6) is 0 Å². The monoisotopic (exact) mass is 663 g/mol. The highest BCUT2D eigenvalue weighted by Gasteiger charge is 2.43. The molecule has 1 aromatic heterocycles. The number of hydrogen-bond acceptors (Lipinski definition) is 9. The second-order valence-corrected chi connectivity index (χ2v) is 9.65. The Morgan fingerprint density at radius 3 is 2.46 bits per heavy atom. The Labute approximate surface area is 251 Å². The SMILES string of the molecule is O=C(CNC(=O)c1cc(NC2=NCC(F)CN2)c2cn[nH]c2c1)N[C@@H](CC(=O)OC(=O)C(F)(F)F)c1cc(C(F)(F)F)ccc1F. The summed E-state index contributed by atoms with van der Waals surface area (Å²) >= 11 is 0. The normalized spacial score (nSPS) is 15.7. The molecule has 4 rings (SSSR count). The van der Waals surface area contributed by atoms with E-state index in [1.807, 2.05) is 5.32 Å². The maximum absolute atomic E-state index is 14.6. The van der Waals surface area contributed by atoms with Crippen LogP contribution < -0.4 is 21.3 Å². The van der Waals surface area contributed by atoms with Crippen molar-refractivity contribution in [3.05, 3.63) is 59.0 Å². The van der Waals surface area contributed by atoms with E-state index in [1.54, 1.807) is 0 Å². The van der Waals surface area contributed by atoms with Gasteiger partial charge < -0.3 is 26.0 Å². The van der Waals surface area contributed by atoms with Crippen molar-refractivity contribution < 1.29 is 59.0 Å². The molecule has 20 heteroatoms. The number of hydrogen-bond donors (Lipinski definition) is 5. The number of carbonyl (C=O) groups excluding carboxylic acids is 4. The third-order valence-electron chi connectivity index (χ3n) is 6.26. The van der Waals surface area contributed by atoms with Crippen molar-refractivity contribution in [1.29, 1.82) is 0 Å². The summed E-state index contributed by atoms with van der Waals surface area (Å²) in [6.07, 6.45) is -11.8. The molecule has 0 saturated carbocycles. The number of fused-ring (bicyclic) bond motifs is 1. The number of nitrogens with one attached hydrogen (secondary N) is 5. The van der Waals surface area contributed by atoms with Crippen LogP contribution in [0.1, 0.15) is 33.9 Å². The number of guanidine groups is 1. The molecule has 12 nitrogen and oxygen atoms in total. The van der Waals surface area contributed by atoms with Gasteiger partial charge in [0.25, 0.3) is 5.91 Å². The quantitative estimate of drug-likeness (QED) is 0.139. The van der Waals surface area contributed by atoms with Crippen molar-refractivity contribution in [2.75, 3.05) is 25.0 Å². The van der Waals surface area contributed by atoms with Gasteiger partial charge in [-0.15, -0.1) is 0 Å². The van der Waals surface area contributed by atoms with E-state index in [0.29, 0.717) is 28.7 Å². The fraction of sp³-hybridized carbons (Fsp3) is 0.308. The number of nitrogens with zero attached hydrogens (tertiary/aromatic N) is 2. The summed E-state index contributed by atoms with van der Waals surface area (Å²) < 4.78 is 109. The average Bonchev–Trinajstić information content (AvgIpc) is 3.45. The number of amides is 2. The molecular weight excluding hydrogens is 642 g/mol. The number of ether oxygens (including phenoxy) is 1. The van der Waals surface area contributed by atoms with Crippen LogP contribution in [0.3, 0.4) is 0 Å². The summed E-state index contributed by atoms with van der Waals surface area (Å²) in [6.45, 7) is -1.04. The van der Waals surface area contributed by atoms with Gasteiger partial charge in [-0.2, -0.15) is 31.4 Å². The van der Waals surface area contributed by atoms with Crippen molar-refractivity contribution in [2.24, 2.45) is 4.99 Å². The maximum Gasteiger partial charge on any atom is 0.491 e. The lowest BCUT2D eigenvalue weighted by Gasteiger charge is -2.21. The molecule has 0 radical (unpaired) electrons. The fourth-order valence-electron chi connectivity index (χ4n) is 4.12. The topological polar surface area (TPSA) is 167 Å². The zero-order valence-corrected chi connectivity index (χ0v) is 22.9. The van der Waals surface area contributed by atoms with Crippen LogP contribution >= 0.6 is 0 Å². The molecule has 2 amide bonds. The van der Waals surface area contributed by atoms with E-state index < -0.39 is 78.2 Å². The van der Waals surface area contributed by atoms with Gasteiger partial charge in [0.1, 0.15) is 12.0 Å². The first kappa shape index (κ1) is 33.6. The second-order valence-electron chi connectivity index (χ2n) is 9.65. The molecule has 0 aliphatic carbocycles. The number of aliphatic imine (C=N–C) groups is 1. The van der Waals surface area contributed by atoms with Crippen molar-refractivity contribution in [2.45, 2.75) is 31.0 Å². The average molecular weight is 663 g/mol. The van der Waals surface area contributed by atoms with Gasteiger partial charge in [-0.25, -0.2) is 18.6 Å². The minimum atomic E-state index is -5.60. The third-order valence-corrected chi connectivity index (χ3v) is 6.26. The van der Waals surface area contributed by atoms with Crippen molar-refractivity contribution in [1.82, 2.24) is 26.1 Å². The summed E-state index contributed by atoms with van der Waals surface area (Å²) in [5.74, 6) is -8.16. The standard InChI is InChI=1S/C26H21F8N7O5/c27-13-7-36-24(37-8-13)40-17-3-11(4-19-15(17)9-38-41-19)22(44)35-10-20(42)39-18(6-21(43)46-23(45)26(32,33)34)14-5-12(25(29,30)31)1-2-16(14)28/h1-5,9,13,18H,6-8,10H2,(H,35,44)(H,38,41)(H,39,42)(H2,36,37,40)/t18-/m0/s1. The van der Waals surface area contributed by atoms with Gasteiger partial charge >= 0.3 is 24.3 Å². The molecule has 0 spiro atoms. The van der Waals surface area contributed by atoms with E-state index in [0.717, 1.165) is 0 Å². The Bertz CT molecular complexity index is 1690. The molecule has 2 atom stereocenters. The van der Waals surface area contributed by atoms with Gasteiger partial charge in [0.2, 0.25) is 5.91 Å². The summed E-state index contributed by atoms with van der Waals surface area (Å²) in [7, 11) is 0. The first-order valence-electron chi connectivity index (χ1n) is 12.9. The molecule has 5 N–H and O–H groups in total. The molecule has 0 bridgehead atoms. The van der Waals surface area contributed by atoms with Crippen LogP contribution in [-0.2, 0) is 25.3 Å². The molecule has 2 heterocycles. The van der Waals surface area contributed by atoms with Crippen molar-refractivity contribution in [3.8, 4) is 0 Å². The highest BCUT2D eigenvalue weighted by Crippen LogP contribution is 2.33. The zero-order chi connectivity index (χ0) is 33.8. The van der Waals surface area contributed by atoms with Gasteiger partial charge in [-0.3, -0.25) is 19.5 Å². The van der Waals surface area contributed by atoms with E-state index in [1.165, 1.54) is 18.3 Å². The van der Waals surface area contributed by atoms with E-state index in [9.17, 15) is 54.3 Å². The van der Waals surface area contributed by atoms with Crippen LogP contribution in [-0.4, -0.2) is 71.9 Å². The van der Waals surface area contributed by atoms with E-state index >= 15 is 0 Å². The van der Waals surface area contributed by atoms with Gasteiger partial charge in [0, 0.05) is 16.5 Å². The summed E-state index contributed by atoms with van der Waals surface area (Å²) in [5, 5.41) is 16.8. The number of carbonyl (C=O) groups is 4. The number of anilines is 1. The molecule has 246 valence electrons. The van der Waals surface area contributed by atoms with Crippen LogP contribution in [0.15, 0.2) is 41.5 Å². The summed E-state index contributed by atoms with van der Waals surface area (Å²) in [5.41, 5.74) is -1.79. The van der Waals surface area contributed by atoms with Crippen LogP contribution in [0.2, 0.25) is 0 Å². The lowest BCUT2D eigenvalue weighted by molar-refractivity contribution is -0.202. The molecule has 2 aromatic carbocycles. The predicted octanol–water partition coefficient (Wildman–Crippen LogP) is 3.04. The van der Waals surface area contributed by atoms with E-state index in [4.69, 9.17) is 0 Å². The molecule has 1 unspecified atom stereocenters. The molecule has 1 aliphatic heterocycles. The van der Waals surface area contributed by atoms with E-state index in [2.05, 4.69) is 35.9 Å². The minimum Gasteiger partial charge on any atom is -0.386 e. The van der Waals surface area contributed by atoms with E-state index in [-0.39, 0.29) is 30.7 Å². The second kappa shape index (κ2) is 13.4. The highest BCUT2D eigenvalue weighted by atomic mass is 19.4. The Balaban J connectivity index is 1.50. The molecular formula is C26H21F8N7O5. The first-order chi connectivity index (χ1) is 21.5. The van der Waals surface area contributed by atoms with Gasteiger partial charge in [0.05, 0.1) is 55.1 Å². The van der Waals surface area contributed by atoms with Crippen LogP contribution in [0, 0.1) is 5.82 Å². The largest absolute Gasteiger partial charge is 0.491 e. The highest BCUT2D eigenvalue weighted by molar-refractivity contribution is 6.07. The Hall–Kier alpha value is -5.30. The van der Waals surface area contributed by atoms with Crippen LogP contribution in [0.4, 0.5) is 40.8 Å². The van der Waals surface area contributed by atoms with Crippen LogP contribution in [0.25, 0.3) is 10.9 Å². The Morgan fingerprint density at radius 1 is 1.07 bits per heavy atom. The van der Waals surface area contributed by atoms with Crippen molar-refractivity contribution in [3.63, 3.8) is 0 Å². The smallest absolute Gasteiger partial charge is 0.386 e. The van der Waals surface area contributed by atoms with Crippen molar-refractivity contribution >= 4 is 46.3 Å². The lowest BCUT2D eigenvalue weighted by Crippen LogP contribution is -2.41. The minimum absolute atomic E-state index is 0.0165. The number of H-pyrrole nitrogens is 1. The van der Waals surface area contributed by atoms with Gasteiger partial charge in [-0.05, 0) is 30.3 Å². The molecule has 1 aliphatic rings.